The SMILES string of the molecule is CC(C)(C)NC(=O)/C(=C/Br)CCCC#N. The van der Waals surface area contributed by atoms with E-state index in [-0.39, 0.29) is 11.4 Å². The van der Waals surface area contributed by atoms with Gasteiger partial charge in [0.25, 0.3) is 0 Å². The van der Waals surface area contributed by atoms with Crippen LogP contribution < -0.4 is 5.32 Å². The number of nitrogens with zero attached hydrogens (tertiary/aromatic N) is 1. The summed E-state index contributed by atoms with van der Waals surface area (Å²) < 4.78 is 0. The first-order valence-electron chi connectivity index (χ1n) is 4.89. The Morgan fingerprint density at radius 2 is 2.13 bits per heavy atom. The Balaban J connectivity index is 4.20. The summed E-state index contributed by atoms with van der Waals surface area (Å²) in [5.74, 6) is -0.0719. The van der Waals surface area contributed by atoms with Gasteiger partial charge in [-0.05, 0) is 38.6 Å². The molecule has 0 aromatic rings. The number of halogens is 1. The van der Waals surface area contributed by atoms with Crippen molar-refractivity contribution in [2.24, 2.45) is 0 Å². The minimum atomic E-state index is -0.229. The van der Waals surface area contributed by atoms with E-state index in [1.165, 1.54) is 0 Å². The van der Waals surface area contributed by atoms with Crippen molar-refractivity contribution in [2.75, 3.05) is 0 Å². The molecule has 1 amide bonds. The average molecular weight is 273 g/mol. The van der Waals surface area contributed by atoms with Gasteiger partial charge in [0.1, 0.15) is 0 Å². The summed E-state index contributed by atoms with van der Waals surface area (Å²) in [4.78, 5) is 13.3. The zero-order valence-electron chi connectivity index (χ0n) is 9.43. The minimum absolute atomic E-state index is 0.0719. The van der Waals surface area contributed by atoms with Gasteiger partial charge in [-0.25, -0.2) is 0 Å². The molecule has 0 heterocycles. The van der Waals surface area contributed by atoms with E-state index in [4.69, 9.17) is 5.26 Å². The van der Waals surface area contributed by atoms with E-state index >= 15 is 0 Å². The number of nitrogens with one attached hydrogen (secondary N) is 1. The Bertz CT molecular complexity index is 284. The number of carbonyl (C=O) groups is 1. The second-order valence-electron chi connectivity index (χ2n) is 4.35. The molecule has 0 aliphatic heterocycles. The van der Waals surface area contributed by atoms with E-state index in [2.05, 4.69) is 27.3 Å². The standard InChI is InChI=1S/C11H17BrN2O/c1-11(2,3)14-10(15)9(8-12)6-4-5-7-13/h8H,4-6H2,1-3H3,(H,14,15)/b9-8+. The molecular weight excluding hydrogens is 256 g/mol. The van der Waals surface area contributed by atoms with Gasteiger partial charge in [-0.3, -0.25) is 4.79 Å². The van der Waals surface area contributed by atoms with Gasteiger partial charge in [-0.1, -0.05) is 15.9 Å². The molecule has 15 heavy (non-hydrogen) atoms. The van der Waals surface area contributed by atoms with Crippen LogP contribution in [0.2, 0.25) is 0 Å². The third kappa shape index (κ3) is 7.15. The highest BCUT2D eigenvalue weighted by atomic mass is 79.9. The number of nitriles is 1. The molecule has 0 spiro atoms. The monoisotopic (exact) mass is 272 g/mol. The third-order valence-corrected chi connectivity index (χ3v) is 2.20. The third-order valence-electron chi connectivity index (χ3n) is 1.65. The molecule has 4 heteroatoms. The Hall–Kier alpha value is -0.820. The van der Waals surface area contributed by atoms with Gasteiger partial charge in [-0.2, -0.15) is 5.26 Å². The number of amides is 1. The molecule has 0 aliphatic carbocycles. The van der Waals surface area contributed by atoms with Gasteiger partial charge in [-0.15, -0.1) is 0 Å². The fourth-order valence-electron chi connectivity index (χ4n) is 0.996. The van der Waals surface area contributed by atoms with Crippen LogP contribution in [0.5, 0.6) is 0 Å². The van der Waals surface area contributed by atoms with Crippen molar-refractivity contribution >= 4 is 21.8 Å². The van der Waals surface area contributed by atoms with Crippen LogP contribution >= 0.6 is 15.9 Å². The van der Waals surface area contributed by atoms with Crippen LogP contribution in [0.1, 0.15) is 40.0 Å². The summed E-state index contributed by atoms with van der Waals surface area (Å²) in [5, 5.41) is 11.3. The Morgan fingerprint density at radius 3 is 2.53 bits per heavy atom. The lowest BCUT2D eigenvalue weighted by molar-refractivity contribution is -0.119. The van der Waals surface area contributed by atoms with Crippen molar-refractivity contribution in [1.29, 1.82) is 5.26 Å². The fraction of sp³-hybridized carbons (Fsp3) is 0.636. The van der Waals surface area contributed by atoms with Crippen LogP contribution in [0.15, 0.2) is 10.6 Å². The summed E-state index contributed by atoms with van der Waals surface area (Å²) in [6.45, 7) is 5.81. The van der Waals surface area contributed by atoms with Gasteiger partial charge in [0.05, 0.1) is 6.07 Å². The van der Waals surface area contributed by atoms with Crippen molar-refractivity contribution < 1.29 is 4.79 Å². The molecule has 0 bridgehead atoms. The highest BCUT2D eigenvalue weighted by Gasteiger charge is 2.16. The largest absolute Gasteiger partial charge is 0.348 e. The summed E-state index contributed by atoms with van der Waals surface area (Å²) in [6, 6.07) is 2.06. The normalized spacial score (nSPS) is 12.1. The Morgan fingerprint density at radius 1 is 1.53 bits per heavy atom. The molecule has 0 saturated heterocycles. The molecular formula is C11H17BrN2O. The van der Waals surface area contributed by atoms with Crippen molar-refractivity contribution in [3.8, 4) is 6.07 Å². The Labute approximate surface area is 99.7 Å². The molecule has 1 N–H and O–H groups in total. The molecule has 84 valence electrons. The lowest BCUT2D eigenvalue weighted by atomic mass is 10.1. The van der Waals surface area contributed by atoms with E-state index in [1.54, 1.807) is 4.99 Å². The summed E-state index contributed by atoms with van der Waals surface area (Å²) in [6.07, 6.45) is 1.82. The van der Waals surface area contributed by atoms with E-state index in [0.29, 0.717) is 24.8 Å². The topological polar surface area (TPSA) is 52.9 Å². The fourth-order valence-corrected chi connectivity index (χ4v) is 1.43. The smallest absolute Gasteiger partial charge is 0.248 e. The maximum absolute atomic E-state index is 11.7. The summed E-state index contributed by atoms with van der Waals surface area (Å²) >= 11 is 3.17. The van der Waals surface area contributed by atoms with Gasteiger partial charge < -0.3 is 5.32 Å². The first kappa shape index (κ1) is 14.2. The van der Waals surface area contributed by atoms with Gasteiger partial charge in [0.15, 0.2) is 0 Å². The van der Waals surface area contributed by atoms with Crippen molar-refractivity contribution in [3.05, 3.63) is 10.6 Å². The average Bonchev–Trinajstić information content (AvgIpc) is 2.09. The van der Waals surface area contributed by atoms with Gasteiger partial charge >= 0.3 is 0 Å². The molecule has 0 saturated carbocycles. The predicted molar refractivity (Wildman–Crippen MR) is 64.4 cm³/mol. The van der Waals surface area contributed by atoms with E-state index in [1.807, 2.05) is 20.8 Å². The maximum atomic E-state index is 11.7. The summed E-state index contributed by atoms with van der Waals surface area (Å²) in [5.41, 5.74) is 0.452. The number of unbranched alkanes of at least 4 members (excludes halogenated alkanes) is 1. The van der Waals surface area contributed by atoms with Gasteiger partial charge in [0.2, 0.25) is 5.91 Å². The van der Waals surface area contributed by atoms with E-state index in [0.717, 1.165) is 0 Å². The second kappa shape index (κ2) is 6.62. The van der Waals surface area contributed by atoms with Crippen LogP contribution in [0.25, 0.3) is 0 Å². The quantitative estimate of drug-likeness (QED) is 0.632. The Kier molecular flexibility index (Phi) is 6.26. The highest BCUT2D eigenvalue weighted by Crippen LogP contribution is 2.11. The lowest BCUT2D eigenvalue weighted by Crippen LogP contribution is -2.41. The molecule has 3 nitrogen and oxygen atoms in total. The number of hydrogen-bond acceptors (Lipinski definition) is 2. The van der Waals surface area contributed by atoms with Crippen LogP contribution in [-0.2, 0) is 4.79 Å². The van der Waals surface area contributed by atoms with Crippen molar-refractivity contribution in [2.45, 2.75) is 45.6 Å². The lowest BCUT2D eigenvalue weighted by Gasteiger charge is -2.21. The molecule has 0 aromatic heterocycles. The molecule has 0 fully saturated rings. The molecule has 0 atom stereocenters. The predicted octanol–water partition coefficient (Wildman–Crippen LogP) is 2.87. The molecule has 0 unspecified atom stereocenters. The first-order chi connectivity index (χ1) is 6.90. The minimum Gasteiger partial charge on any atom is -0.348 e. The van der Waals surface area contributed by atoms with Crippen LogP contribution in [0.3, 0.4) is 0 Å². The molecule has 0 aliphatic rings. The summed E-state index contributed by atoms with van der Waals surface area (Å²) in [7, 11) is 0. The zero-order valence-corrected chi connectivity index (χ0v) is 11.0. The van der Waals surface area contributed by atoms with Gasteiger partial charge in [0, 0.05) is 17.5 Å². The second-order valence-corrected chi connectivity index (χ2v) is 4.81. The zero-order chi connectivity index (χ0) is 11.9. The number of hydrogen-bond donors (Lipinski definition) is 1. The first-order valence-corrected chi connectivity index (χ1v) is 5.81. The van der Waals surface area contributed by atoms with E-state index < -0.39 is 0 Å². The molecule has 0 radical (unpaired) electrons. The maximum Gasteiger partial charge on any atom is 0.248 e. The highest BCUT2D eigenvalue weighted by molar-refractivity contribution is 9.11. The van der Waals surface area contributed by atoms with Crippen LogP contribution in [0.4, 0.5) is 0 Å². The molecule has 0 rings (SSSR count). The van der Waals surface area contributed by atoms with Crippen LogP contribution in [-0.4, -0.2) is 11.4 Å². The van der Waals surface area contributed by atoms with Crippen molar-refractivity contribution in [3.63, 3.8) is 0 Å². The number of carbonyl (C=O) groups excluding carboxylic acids is 1. The molecule has 0 aromatic carbocycles. The van der Waals surface area contributed by atoms with Crippen LogP contribution in [0, 0.1) is 11.3 Å². The van der Waals surface area contributed by atoms with Crippen molar-refractivity contribution in [1.82, 2.24) is 5.32 Å². The number of rotatable bonds is 4. The van der Waals surface area contributed by atoms with E-state index in [9.17, 15) is 4.79 Å².